The van der Waals surface area contributed by atoms with Gasteiger partial charge in [0.05, 0.1) is 25.7 Å². The van der Waals surface area contributed by atoms with Crippen LogP contribution in [0.2, 0.25) is 0 Å². The maximum Gasteiger partial charge on any atom is 0.348 e. The molecule has 0 saturated heterocycles. The van der Waals surface area contributed by atoms with Crippen LogP contribution in [0, 0.1) is 11.3 Å². The molecule has 0 fully saturated rings. The van der Waals surface area contributed by atoms with Crippen LogP contribution in [0.3, 0.4) is 0 Å². The number of carbonyl (C=O) groups is 1. The molecule has 16 heavy (non-hydrogen) atoms. The fraction of sp³-hybridized carbons (Fsp3) is 0.400. The standard InChI is InChI=1S/C10H11NO4S/c1-15-10(14)8-3-2-7(16-8)9(13)6(12)4-5-11/h2-3,6,9,12-13H,4H2,1H3. The molecule has 0 aromatic carbocycles. The van der Waals surface area contributed by atoms with E-state index in [1.807, 2.05) is 0 Å². The minimum Gasteiger partial charge on any atom is -0.465 e. The van der Waals surface area contributed by atoms with Gasteiger partial charge in [0.1, 0.15) is 11.0 Å². The van der Waals surface area contributed by atoms with Gasteiger partial charge in [-0.3, -0.25) is 0 Å². The number of ether oxygens (including phenoxy) is 1. The molecular formula is C10H11NO4S. The van der Waals surface area contributed by atoms with Crippen molar-refractivity contribution in [3.8, 4) is 6.07 Å². The zero-order chi connectivity index (χ0) is 12.1. The molecule has 0 aliphatic carbocycles. The third-order valence-corrected chi connectivity index (χ3v) is 3.11. The number of carbonyl (C=O) groups excluding carboxylic acids is 1. The fourth-order valence-corrected chi connectivity index (χ4v) is 2.09. The van der Waals surface area contributed by atoms with Crippen LogP contribution in [0.1, 0.15) is 27.1 Å². The molecule has 0 bridgehead atoms. The van der Waals surface area contributed by atoms with Gasteiger partial charge in [-0.1, -0.05) is 0 Å². The first-order valence-corrected chi connectivity index (χ1v) is 5.33. The monoisotopic (exact) mass is 241 g/mol. The van der Waals surface area contributed by atoms with Crippen molar-refractivity contribution in [2.75, 3.05) is 7.11 Å². The molecule has 2 unspecified atom stereocenters. The van der Waals surface area contributed by atoms with E-state index in [4.69, 9.17) is 5.26 Å². The van der Waals surface area contributed by atoms with Gasteiger partial charge in [-0.05, 0) is 12.1 Å². The van der Waals surface area contributed by atoms with Crippen LogP contribution in [-0.4, -0.2) is 29.4 Å². The average Bonchev–Trinajstić information content (AvgIpc) is 2.76. The van der Waals surface area contributed by atoms with Gasteiger partial charge in [0.15, 0.2) is 0 Å². The molecule has 6 heteroatoms. The Hall–Kier alpha value is -1.42. The number of aliphatic hydroxyl groups is 2. The SMILES string of the molecule is COC(=O)c1ccc(C(O)C(O)CC#N)s1. The van der Waals surface area contributed by atoms with E-state index in [-0.39, 0.29) is 6.42 Å². The first-order valence-electron chi connectivity index (χ1n) is 4.51. The smallest absolute Gasteiger partial charge is 0.348 e. The highest BCUT2D eigenvalue weighted by atomic mass is 32.1. The van der Waals surface area contributed by atoms with Crippen molar-refractivity contribution in [1.82, 2.24) is 0 Å². The molecule has 0 spiro atoms. The fourth-order valence-electron chi connectivity index (χ4n) is 1.12. The van der Waals surface area contributed by atoms with Crippen molar-refractivity contribution >= 4 is 17.3 Å². The molecule has 2 N–H and O–H groups in total. The molecule has 0 radical (unpaired) electrons. The van der Waals surface area contributed by atoms with Crippen molar-refractivity contribution in [3.05, 3.63) is 21.9 Å². The van der Waals surface area contributed by atoms with Crippen molar-refractivity contribution in [2.45, 2.75) is 18.6 Å². The van der Waals surface area contributed by atoms with Gasteiger partial charge < -0.3 is 14.9 Å². The minimum absolute atomic E-state index is 0.160. The van der Waals surface area contributed by atoms with E-state index in [1.54, 1.807) is 6.07 Å². The Kier molecular flexibility index (Phi) is 4.43. The summed E-state index contributed by atoms with van der Waals surface area (Å²) >= 11 is 1.03. The van der Waals surface area contributed by atoms with Crippen LogP contribution in [0.15, 0.2) is 12.1 Å². The van der Waals surface area contributed by atoms with Crippen LogP contribution in [-0.2, 0) is 4.74 Å². The Labute approximate surface area is 96.5 Å². The highest BCUT2D eigenvalue weighted by Gasteiger charge is 2.21. The number of hydrogen-bond donors (Lipinski definition) is 2. The summed E-state index contributed by atoms with van der Waals surface area (Å²) in [4.78, 5) is 11.9. The van der Waals surface area contributed by atoms with Gasteiger partial charge in [-0.15, -0.1) is 11.3 Å². The lowest BCUT2D eigenvalue weighted by atomic mass is 10.1. The Balaban J connectivity index is 2.78. The van der Waals surface area contributed by atoms with Gasteiger partial charge in [0.25, 0.3) is 0 Å². The number of hydrogen-bond acceptors (Lipinski definition) is 6. The van der Waals surface area contributed by atoms with E-state index >= 15 is 0 Å². The molecule has 5 nitrogen and oxygen atoms in total. The summed E-state index contributed by atoms with van der Waals surface area (Å²) in [5, 5.41) is 27.4. The first-order chi connectivity index (χ1) is 7.60. The summed E-state index contributed by atoms with van der Waals surface area (Å²) in [6, 6.07) is 4.80. The lowest BCUT2D eigenvalue weighted by molar-refractivity contribution is 0.0238. The van der Waals surface area contributed by atoms with Gasteiger partial charge in [-0.2, -0.15) is 5.26 Å². The number of nitrogens with zero attached hydrogens (tertiary/aromatic N) is 1. The highest BCUT2D eigenvalue weighted by Crippen LogP contribution is 2.26. The topological polar surface area (TPSA) is 90.6 Å². The van der Waals surface area contributed by atoms with E-state index in [2.05, 4.69) is 4.74 Å². The predicted octanol–water partition coefficient (Wildman–Crippen LogP) is 0.843. The summed E-state index contributed by atoms with van der Waals surface area (Å²) < 4.78 is 4.51. The molecule has 0 amide bonds. The molecule has 1 aromatic rings. The summed E-state index contributed by atoms with van der Waals surface area (Å²) in [5.74, 6) is -0.488. The van der Waals surface area contributed by atoms with Gasteiger partial charge >= 0.3 is 5.97 Å². The summed E-state index contributed by atoms with van der Waals surface area (Å²) in [5.41, 5.74) is 0. The van der Waals surface area contributed by atoms with Crippen molar-refractivity contribution in [1.29, 1.82) is 5.26 Å². The second-order valence-electron chi connectivity index (χ2n) is 3.07. The van der Waals surface area contributed by atoms with Crippen LogP contribution >= 0.6 is 11.3 Å². The Morgan fingerprint density at radius 1 is 1.62 bits per heavy atom. The first kappa shape index (κ1) is 12.6. The van der Waals surface area contributed by atoms with E-state index in [9.17, 15) is 15.0 Å². The molecule has 2 atom stereocenters. The molecule has 86 valence electrons. The Bertz CT molecular complexity index is 409. The van der Waals surface area contributed by atoms with Gasteiger partial charge in [0.2, 0.25) is 0 Å². The molecule has 0 aliphatic heterocycles. The third-order valence-electron chi connectivity index (χ3n) is 1.97. The minimum atomic E-state index is -1.15. The van der Waals surface area contributed by atoms with E-state index in [0.29, 0.717) is 9.75 Å². The van der Waals surface area contributed by atoms with Crippen molar-refractivity contribution < 1.29 is 19.7 Å². The quantitative estimate of drug-likeness (QED) is 0.762. The van der Waals surface area contributed by atoms with Crippen molar-refractivity contribution in [2.24, 2.45) is 0 Å². The number of thiophene rings is 1. The maximum atomic E-state index is 11.1. The predicted molar refractivity (Wildman–Crippen MR) is 56.9 cm³/mol. The van der Waals surface area contributed by atoms with Crippen LogP contribution < -0.4 is 0 Å². The van der Waals surface area contributed by atoms with E-state index < -0.39 is 18.2 Å². The molecular weight excluding hydrogens is 230 g/mol. The zero-order valence-electron chi connectivity index (χ0n) is 8.58. The molecule has 1 aromatic heterocycles. The number of rotatable bonds is 4. The second-order valence-corrected chi connectivity index (χ2v) is 4.18. The number of aliphatic hydroxyl groups excluding tert-OH is 2. The Morgan fingerprint density at radius 3 is 2.88 bits per heavy atom. The van der Waals surface area contributed by atoms with Crippen LogP contribution in [0.5, 0.6) is 0 Å². The number of esters is 1. The maximum absolute atomic E-state index is 11.1. The molecule has 1 rings (SSSR count). The van der Waals surface area contributed by atoms with Crippen molar-refractivity contribution in [3.63, 3.8) is 0 Å². The summed E-state index contributed by atoms with van der Waals surface area (Å²) in [6.07, 6.45) is -2.45. The van der Waals surface area contributed by atoms with Crippen LogP contribution in [0.4, 0.5) is 0 Å². The van der Waals surface area contributed by atoms with Gasteiger partial charge in [-0.25, -0.2) is 4.79 Å². The summed E-state index contributed by atoms with van der Waals surface area (Å²) in [6.45, 7) is 0. The molecule has 0 aliphatic rings. The van der Waals surface area contributed by atoms with E-state index in [0.717, 1.165) is 11.3 Å². The van der Waals surface area contributed by atoms with E-state index in [1.165, 1.54) is 19.2 Å². The normalized spacial score (nSPS) is 13.9. The summed E-state index contributed by atoms with van der Waals surface area (Å²) in [7, 11) is 1.27. The molecule has 0 saturated carbocycles. The number of methoxy groups -OCH3 is 1. The second kappa shape index (κ2) is 5.61. The lowest BCUT2D eigenvalue weighted by Crippen LogP contribution is -2.16. The number of nitriles is 1. The van der Waals surface area contributed by atoms with Crippen LogP contribution in [0.25, 0.3) is 0 Å². The zero-order valence-corrected chi connectivity index (χ0v) is 9.40. The lowest BCUT2D eigenvalue weighted by Gasteiger charge is -2.12. The Morgan fingerprint density at radius 2 is 2.31 bits per heavy atom. The molecule has 1 heterocycles. The third kappa shape index (κ3) is 2.79. The largest absolute Gasteiger partial charge is 0.465 e. The van der Waals surface area contributed by atoms with Gasteiger partial charge in [0, 0.05) is 4.88 Å². The average molecular weight is 241 g/mol. The highest BCUT2D eigenvalue weighted by molar-refractivity contribution is 7.14.